The number of piperidine rings is 2. The average Bonchev–Trinajstić information content (AvgIpc) is 3.07. The average molecular weight is 399 g/mol. The summed E-state index contributed by atoms with van der Waals surface area (Å²) in [4.78, 5) is 5.11. The minimum absolute atomic E-state index is 0.182. The number of hydrogen-bond acceptors (Lipinski definition) is 4. The molecule has 0 aromatic heterocycles. The number of para-hydroxylation sites is 2. The largest absolute Gasteiger partial charge is 0.496 e. The minimum atomic E-state index is -0.182. The molecule has 0 spiro atoms. The molecule has 5 rings (SSSR count). The second kappa shape index (κ2) is 7.16. The van der Waals surface area contributed by atoms with E-state index in [1.165, 1.54) is 37.8 Å². The molecule has 2 saturated heterocycles. The van der Waals surface area contributed by atoms with Gasteiger partial charge in [0.15, 0.2) is 0 Å². The Labute approximate surface area is 172 Å². The van der Waals surface area contributed by atoms with Crippen molar-refractivity contribution in [1.82, 2.24) is 4.90 Å². The molecule has 2 aromatic carbocycles. The van der Waals surface area contributed by atoms with E-state index in [0.29, 0.717) is 23.1 Å². The number of rotatable bonds is 3. The molecule has 148 valence electrons. The molecule has 0 aliphatic carbocycles. The second-order valence-corrected chi connectivity index (χ2v) is 8.70. The lowest BCUT2D eigenvalue weighted by molar-refractivity contribution is 0.0480. The van der Waals surface area contributed by atoms with E-state index in [1.807, 2.05) is 24.3 Å². The maximum atomic E-state index is 6.48. The summed E-state index contributed by atoms with van der Waals surface area (Å²) < 4.78 is 12.1. The molecule has 5 heteroatoms. The minimum Gasteiger partial charge on any atom is -0.496 e. The van der Waals surface area contributed by atoms with Crippen LogP contribution in [-0.4, -0.2) is 37.2 Å². The van der Waals surface area contributed by atoms with E-state index in [9.17, 15) is 0 Å². The standard InChI is InChI=1S/C23H27ClN2O2/c1-25-16-6-5-7-17(25)14-18(13-16)26-20-8-3-4-9-21(20)28-23(26)19-11-10-15(24)12-22(19)27-2/h3-4,8-12,16-18,23H,5-7,13-14H2,1-2H3. The van der Waals surface area contributed by atoms with Crippen LogP contribution < -0.4 is 14.4 Å². The van der Waals surface area contributed by atoms with Gasteiger partial charge in [0.25, 0.3) is 0 Å². The summed E-state index contributed by atoms with van der Waals surface area (Å²) in [6, 6.07) is 16.0. The van der Waals surface area contributed by atoms with Crippen LogP contribution in [0.15, 0.2) is 42.5 Å². The Kier molecular flexibility index (Phi) is 4.64. The van der Waals surface area contributed by atoms with E-state index >= 15 is 0 Å². The number of anilines is 1. The van der Waals surface area contributed by atoms with Crippen LogP contribution in [0.1, 0.15) is 43.9 Å². The summed E-state index contributed by atoms with van der Waals surface area (Å²) in [5.74, 6) is 1.73. The normalized spacial score (nSPS) is 29.3. The van der Waals surface area contributed by atoms with Gasteiger partial charge in [-0.3, -0.25) is 0 Å². The Bertz CT molecular complexity index is 859. The molecule has 28 heavy (non-hydrogen) atoms. The van der Waals surface area contributed by atoms with Crippen LogP contribution in [0.2, 0.25) is 5.02 Å². The van der Waals surface area contributed by atoms with Crippen molar-refractivity contribution in [3.63, 3.8) is 0 Å². The Balaban J connectivity index is 1.55. The van der Waals surface area contributed by atoms with Crippen LogP contribution in [0.4, 0.5) is 5.69 Å². The third-order valence-electron chi connectivity index (χ3n) is 6.80. The molecule has 0 saturated carbocycles. The molecular weight excluding hydrogens is 372 g/mol. The first-order valence-corrected chi connectivity index (χ1v) is 10.6. The van der Waals surface area contributed by atoms with Crippen molar-refractivity contribution in [2.24, 2.45) is 0 Å². The van der Waals surface area contributed by atoms with Crippen molar-refractivity contribution in [2.75, 3.05) is 19.1 Å². The number of benzene rings is 2. The van der Waals surface area contributed by atoms with Crippen LogP contribution in [0, 0.1) is 0 Å². The van der Waals surface area contributed by atoms with E-state index in [-0.39, 0.29) is 6.23 Å². The van der Waals surface area contributed by atoms with Crippen molar-refractivity contribution in [3.8, 4) is 11.5 Å². The number of ether oxygens (including phenoxy) is 2. The number of nitrogens with zero attached hydrogens (tertiary/aromatic N) is 2. The molecule has 2 aromatic rings. The van der Waals surface area contributed by atoms with Crippen molar-refractivity contribution in [1.29, 1.82) is 0 Å². The van der Waals surface area contributed by atoms with Crippen molar-refractivity contribution < 1.29 is 9.47 Å². The number of halogens is 1. The highest BCUT2D eigenvalue weighted by atomic mass is 35.5. The highest BCUT2D eigenvalue weighted by Crippen LogP contribution is 2.49. The lowest BCUT2D eigenvalue weighted by Crippen LogP contribution is -2.55. The van der Waals surface area contributed by atoms with Crippen LogP contribution >= 0.6 is 11.6 Å². The third kappa shape index (κ3) is 2.94. The van der Waals surface area contributed by atoms with E-state index in [2.05, 4.69) is 35.0 Å². The summed E-state index contributed by atoms with van der Waals surface area (Å²) in [5.41, 5.74) is 2.23. The van der Waals surface area contributed by atoms with Crippen molar-refractivity contribution >= 4 is 17.3 Å². The van der Waals surface area contributed by atoms with E-state index in [0.717, 1.165) is 17.1 Å². The molecule has 3 unspecified atom stereocenters. The molecule has 3 aliphatic heterocycles. The van der Waals surface area contributed by atoms with Crippen molar-refractivity contribution in [2.45, 2.75) is 56.5 Å². The molecule has 3 heterocycles. The van der Waals surface area contributed by atoms with Gasteiger partial charge in [0.1, 0.15) is 11.5 Å². The first kappa shape index (κ1) is 18.1. The third-order valence-corrected chi connectivity index (χ3v) is 7.04. The van der Waals surface area contributed by atoms with Crippen LogP contribution in [0.5, 0.6) is 11.5 Å². The van der Waals surface area contributed by atoms with E-state index in [1.54, 1.807) is 7.11 Å². The van der Waals surface area contributed by atoms with Gasteiger partial charge in [-0.2, -0.15) is 0 Å². The van der Waals surface area contributed by atoms with Crippen LogP contribution in [0.3, 0.4) is 0 Å². The van der Waals surface area contributed by atoms with Gasteiger partial charge >= 0.3 is 0 Å². The van der Waals surface area contributed by atoms with Gasteiger partial charge in [0.05, 0.1) is 18.4 Å². The van der Waals surface area contributed by atoms with Crippen LogP contribution in [0.25, 0.3) is 0 Å². The van der Waals surface area contributed by atoms with Gasteiger partial charge < -0.3 is 19.3 Å². The highest BCUT2D eigenvalue weighted by molar-refractivity contribution is 6.30. The fraction of sp³-hybridized carbons (Fsp3) is 0.478. The number of hydrogen-bond donors (Lipinski definition) is 0. The predicted molar refractivity (Wildman–Crippen MR) is 113 cm³/mol. The van der Waals surface area contributed by atoms with Gasteiger partial charge in [0, 0.05) is 23.1 Å². The first-order chi connectivity index (χ1) is 13.7. The fourth-order valence-corrected chi connectivity index (χ4v) is 5.54. The van der Waals surface area contributed by atoms with Gasteiger partial charge in [0.2, 0.25) is 6.23 Å². The lowest BCUT2D eigenvalue weighted by Gasteiger charge is -2.50. The fourth-order valence-electron chi connectivity index (χ4n) is 5.38. The molecule has 0 radical (unpaired) electrons. The second-order valence-electron chi connectivity index (χ2n) is 8.26. The van der Waals surface area contributed by atoms with E-state index < -0.39 is 0 Å². The zero-order valence-corrected chi connectivity index (χ0v) is 17.2. The SMILES string of the molecule is COc1cc(Cl)ccc1C1Oc2ccccc2N1C1CC2CCCC(C1)N2C. The Morgan fingerprint density at radius 3 is 2.54 bits per heavy atom. The smallest absolute Gasteiger partial charge is 0.202 e. The monoisotopic (exact) mass is 398 g/mol. The first-order valence-electron chi connectivity index (χ1n) is 10.2. The quantitative estimate of drug-likeness (QED) is 0.703. The Hall–Kier alpha value is -1.91. The summed E-state index contributed by atoms with van der Waals surface area (Å²) in [6.07, 6.45) is 6.13. The van der Waals surface area contributed by atoms with Gasteiger partial charge in [-0.1, -0.05) is 30.2 Å². The summed E-state index contributed by atoms with van der Waals surface area (Å²) in [5, 5.41) is 0.677. The highest BCUT2D eigenvalue weighted by Gasteiger charge is 2.44. The predicted octanol–water partition coefficient (Wildman–Crippen LogP) is 5.26. The molecule has 2 fully saturated rings. The lowest BCUT2D eigenvalue weighted by atomic mass is 9.81. The molecule has 0 N–H and O–H groups in total. The summed E-state index contributed by atoms with van der Waals surface area (Å²) >= 11 is 6.22. The van der Waals surface area contributed by atoms with Crippen molar-refractivity contribution in [3.05, 3.63) is 53.1 Å². The molecule has 3 aliphatic rings. The maximum absolute atomic E-state index is 6.48. The van der Waals surface area contributed by atoms with Gasteiger partial charge in [-0.25, -0.2) is 0 Å². The zero-order valence-electron chi connectivity index (χ0n) is 16.5. The van der Waals surface area contributed by atoms with Crippen LogP contribution in [-0.2, 0) is 0 Å². The number of fused-ring (bicyclic) bond motifs is 3. The topological polar surface area (TPSA) is 24.9 Å². The number of methoxy groups -OCH3 is 1. The maximum Gasteiger partial charge on any atom is 0.202 e. The molecule has 4 nitrogen and oxygen atoms in total. The Morgan fingerprint density at radius 1 is 1.04 bits per heavy atom. The molecular formula is C23H27ClN2O2. The Morgan fingerprint density at radius 2 is 1.79 bits per heavy atom. The molecule has 2 bridgehead atoms. The summed E-state index contributed by atoms with van der Waals surface area (Å²) in [6.45, 7) is 0. The zero-order chi connectivity index (χ0) is 19.3. The summed E-state index contributed by atoms with van der Waals surface area (Å²) in [7, 11) is 4.00. The van der Waals surface area contributed by atoms with E-state index in [4.69, 9.17) is 21.1 Å². The molecule has 0 amide bonds. The molecule has 3 atom stereocenters. The van der Waals surface area contributed by atoms with Gasteiger partial charge in [-0.15, -0.1) is 0 Å². The van der Waals surface area contributed by atoms with Gasteiger partial charge in [-0.05, 0) is 63.1 Å².